The number of likely N-dealkylation sites (N-methyl/N-ethyl adjacent to an activating group) is 1. The van der Waals surface area contributed by atoms with E-state index in [0.717, 1.165) is 4.31 Å². The van der Waals surface area contributed by atoms with E-state index in [9.17, 15) is 18.0 Å². The molecule has 0 spiro atoms. The van der Waals surface area contributed by atoms with Gasteiger partial charge in [0.1, 0.15) is 6.54 Å². The zero-order valence-corrected chi connectivity index (χ0v) is 12.2. The number of benzene rings is 1. The van der Waals surface area contributed by atoms with Crippen LogP contribution in [-0.4, -0.2) is 43.3 Å². The number of carbonyl (C=O) groups is 2. The van der Waals surface area contributed by atoms with E-state index < -0.39 is 22.5 Å². The second-order valence-electron chi connectivity index (χ2n) is 4.32. The molecule has 110 valence electrons. The molecule has 0 radical (unpaired) electrons. The van der Waals surface area contributed by atoms with Crippen molar-refractivity contribution in [2.45, 2.75) is 18.7 Å². The standard InChI is InChI=1S/C12H16N2O5S/c1-8-4-5-10(13-9(2)15)6-11(8)20(18,19)14(3)7-12(16)17/h4-6H,7H2,1-3H3,(H,13,15)(H,16,17). The highest BCUT2D eigenvalue weighted by molar-refractivity contribution is 7.89. The van der Waals surface area contributed by atoms with Gasteiger partial charge in [-0.1, -0.05) is 6.07 Å². The highest BCUT2D eigenvalue weighted by Crippen LogP contribution is 2.22. The number of amides is 1. The summed E-state index contributed by atoms with van der Waals surface area (Å²) in [5.74, 6) is -1.57. The van der Waals surface area contributed by atoms with Gasteiger partial charge in [0.05, 0.1) is 4.90 Å². The Morgan fingerprint density at radius 1 is 1.35 bits per heavy atom. The van der Waals surface area contributed by atoms with Crippen molar-refractivity contribution < 1.29 is 23.1 Å². The lowest BCUT2D eigenvalue weighted by Gasteiger charge is -2.17. The Bertz CT molecular complexity index is 639. The molecule has 0 aliphatic rings. The summed E-state index contributed by atoms with van der Waals surface area (Å²) in [6.07, 6.45) is 0. The van der Waals surface area contributed by atoms with Crippen LogP contribution in [0, 0.1) is 6.92 Å². The fourth-order valence-corrected chi connectivity index (χ4v) is 2.97. The summed E-state index contributed by atoms with van der Waals surface area (Å²) in [7, 11) is -2.73. The molecule has 0 atom stereocenters. The number of sulfonamides is 1. The average molecular weight is 300 g/mol. The summed E-state index contributed by atoms with van der Waals surface area (Å²) in [5, 5.41) is 11.2. The SMILES string of the molecule is CC(=O)Nc1ccc(C)c(S(=O)(=O)N(C)CC(=O)O)c1. The maximum Gasteiger partial charge on any atom is 0.318 e. The first-order chi connectivity index (χ1) is 9.14. The predicted octanol–water partition coefficient (Wildman–Crippen LogP) is 0.659. The van der Waals surface area contributed by atoms with Crippen LogP contribution < -0.4 is 5.32 Å². The van der Waals surface area contributed by atoms with Gasteiger partial charge < -0.3 is 10.4 Å². The van der Waals surface area contributed by atoms with Crippen molar-refractivity contribution in [3.05, 3.63) is 23.8 Å². The highest BCUT2D eigenvalue weighted by Gasteiger charge is 2.24. The number of hydrogen-bond acceptors (Lipinski definition) is 4. The molecular formula is C12H16N2O5S. The molecule has 0 saturated heterocycles. The molecule has 7 nitrogen and oxygen atoms in total. The maximum atomic E-state index is 12.3. The highest BCUT2D eigenvalue weighted by atomic mass is 32.2. The number of aliphatic carboxylic acids is 1. The van der Waals surface area contributed by atoms with Crippen LogP contribution in [0.3, 0.4) is 0 Å². The number of carboxylic acid groups (broad SMARTS) is 1. The van der Waals surface area contributed by atoms with E-state index in [2.05, 4.69) is 5.32 Å². The van der Waals surface area contributed by atoms with Crippen LogP contribution in [0.15, 0.2) is 23.1 Å². The molecule has 0 bridgehead atoms. The number of aryl methyl sites for hydroxylation is 1. The fourth-order valence-electron chi connectivity index (χ4n) is 1.60. The summed E-state index contributed by atoms with van der Waals surface area (Å²) >= 11 is 0. The predicted molar refractivity (Wildman–Crippen MR) is 72.9 cm³/mol. The molecule has 0 aliphatic heterocycles. The average Bonchev–Trinajstić information content (AvgIpc) is 2.29. The zero-order chi connectivity index (χ0) is 15.5. The molecule has 1 aromatic carbocycles. The summed E-state index contributed by atoms with van der Waals surface area (Å²) in [4.78, 5) is 21.6. The number of carboxylic acids is 1. The number of rotatable bonds is 5. The van der Waals surface area contributed by atoms with Gasteiger partial charge in [-0.3, -0.25) is 9.59 Å². The van der Waals surface area contributed by atoms with Crippen molar-refractivity contribution in [2.24, 2.45) is 0 Å². The molecule has 1 amide bonds. The van der Waals surface area contributed by atoms with E-state index in [-0.39, 0.29) is 10.8 Å². The molecule has 20 heavy (non-hydrogen) atoms. The summed E-state index contributed by atoms with van der Waals surface area (Å²) in [6.45, 7) is 2.27. The monoisotopic (exact) mass is 300 g/mol. The number of carbonyl (C=O) groups excluding carboxylic acids is 1. The Morgan fingerprint density at radius 2 is 1.95 bits per heavy atom. The van der Waals surface area contributed by atoms with Crippen molar-refractivity contribution in [1.82, 2.24) is 4.31 Å². The first kappa shape index (κ1) is 16.1. The van der Waals surface area contributed by atoms with E-state index >= 15 is 0 Å². The van der Waals surface area contributed by atoms with Crippen molar-refractivity contribution >= 4 is 27.6 Å². The molecule has 0 heterocycles. The number of anilines is 1. The lowest BCUT2D eigenvalue weighted by Crippen LogP contribution is -2.32. The quantitative estimate of drug-likeness (QED) is 0.831. The first-order valence-corrected chi connectivity index (χ1v) is 7.15. The number of nitrogens with zero attached hydrogens (tertiary/aromatic N) is 1. The van der Waals surface area contributed by atoms with Gasteiger partial charge in [0.15, 0.2) is 0 Å². The second kappa shape index (κ2) is 6.02. The van der Waals surface area contributed by atoms with Gasteiger partial charge in [0.25, 0.3) is 0 Å². The number of nitrogens with one attached hydrogen (secondary N) is 1. The lowest BCUT2D eigenvalue weighted by atomic mass is 10.2. The van der Waals surface area contributed by atoms with E-state index in [1.165, 1.54) is 20.0 Å². The largest absolute Gasteiger partial charge is 0.480 e. The van der Waals surface area contributed by atoms with Crippen molar-refractivity contribution in [2.75, 3.05) is 18.9 Å². The van der Waals surface area contributed by atoms with E-state index in [1.54, 1.807) is 19.1 Å². The summed E-state index contributed by atoms with van der Waals surface area (Å²) < 4.78 is 25.3. The van der Waals surface area contributed by atoms with Gasteiger partial charge >= 0.3 is 5.97 Å². The molecule has 0 aliphatic carbocycles. The third kappa shape index (κ3) is 3.78. The summed E-state index contributed by atoms with van der Waals surface area (Å²) in [6, 6.07) is 4.43. The third-order valence-electron chi connectivity index (χ3n) is 2.55. The van der Waals surface area contributed by atoms with Gasteiger partial charge in [-0.05, 0) is 24.6 Å². The minimum absolute atomic E-state index is 0.0347. The molecule has 1 aromatic rings. The summed E-state index contributed by atoms with van der Waals surface area (Å²) in [5.41, 5.74) is 0.807. The Kier molecular flexibility index (Phi) is 4.85. The fraction of sp³-hybridized carbons (Fsp3) is 0.333. The number of hydrogen-bond donors (Lipinski definition) is 2. The third-order valence-corrected chi connectivity index (χ3v) is 4.50. The Hall–Kier alpha value is -1.93. The van der Waals surface area contributed by atoms with Crippen LogP contribution in [-0.2, 0) is 19.6 Å². The first-order valence-electron chi connectivity index (χ1n) is 5.71. The smallest absolute Gasteiger partial charge is 0.318 e. The molecule has 0 saturated carbocycles. The molecule has 1 rings (SSSR count). The Balaban J connectivity index is 3.23. The molecular weight excluding hydrogens is 284 g/mol. The molecule has 0 unspecified atom stereocenters. The van der Waals surface area contributed by atoms with E-state index in [1.807, 2.05) is 0 Å². The van der Waals surface area contributed by atoms with E-state index in [4.69, 9.17) is 5.11 Å². The Labute approximate surface area is 117 Å². The lowest BCUT2D eigenvalue weighted by molar-refractivity contribution is -0.137. The minimum atomic E-state index is -3.92. The van der Waals surface area contributed by atoms with Crippen LogP contribution in [0.2, 0.25) is 0 Å². The van der Waals surface area contributed by atoms with Crippen LogP contribution in [0.25, 0.3) is 0 Å². The molecule has 0 fully saturated rings. The molecule has 0 aromatic heterocycles. The Morgan fingerprint density at radius 3 is 2.45 bits per heavy atom. The van der Waals surface area contributed by atoms with Gasteiger partial charge in [0.2, 0.25) is 15.9 Å². The van der Waals surface area contributed by atoms with Crippen molar-refractivity contribution in [1.29, 1.82) is 0 Å². The molecule has 2 N–H and O–H groups in total. The van der Waals surface area contributed by atoms with Crippen LogP contribution >= 0.6 is 0 Å². The van der Waals surface area contributed by atoms with Gasteiger partial charge in [-0.15, -0.1) is 0 Å². The van der Waals surface area contributed by atoms with Crippen molar-refractivity contribution in [3.63, 3.8) is 0 Å². The van der Waals surface area contributed by atoms with Crippen LogP contribution in [0.1, 0.15) is 12.5 Å². The normalized spacial score (nSPS) is 11.4. The van der Waals surface area contributed by atoms with Crippen LogP contribution in [0.4, 0.5) is 5.69 Å². The van der Waals surface area contributed by atoms with Crippen LogP contribution in [0.5, 0.6) is 0 Å². The second-order valence-corrected chi connectivity index (χ2v) is 6.33. The van der Waals surface area contributed by atoms with E-state index in [0.29, 0.717) is 11.3 Å². The van der Waals surface area contributed by atoms with Gasteiger partial charge in [0, 0.05) is 19.7 Å². The maximum absolute atomic E-state index is 12.3. The zero-order valence-electron chi connectivity index (χ0n) is 11.4. The van der Waals surface area contributed by atoms with Crippen molar-refractivity contribution in [3.8, 4) is 0 Å². The topological polar surface area (TPSA) is 104 Å². The molecule has 8 heteroatoms. The van der Waals surface area contributed by atoms with Gasteiger partial charge in [-0.2, -0.15) is 4.31 Å². The van der Waals surface area contributed by atoms with Gasteiger partial charge in [-0.25, -0.2) is 8.42 Å². The minimum Gasteiger partial charge on any atom is -0.480 e.